The van der Waals surface area contributed by atoms with Crippen LogP contribution in [0.15, 0.2) is 30.3 Å². The zero-order valence-electron chi connectivity index (χ0n) is 19.5. The summed E-state index contributed by atoms with van der Waals surface area (Å²) in [6, 6.07) is 7.99. The van der Waals surface area contributed by atoms with Gasteiger partial charge in [0.05, 0.1) is 53.7 Å². The van der Waals surface area contributed by atoms with Gasteiger partial charge in [-0.25, -0.2) is 14.6 Å². The zero-order valence-corrected chi connectivity index (χ0v) is 19.5. The van der Waals surface area contributed by atoms with E-state index in [-0.39, 0.29) is 34.8 Å². The number of fused-ring (bicyclic) bond motifs is 1. The monoisotopic (exact) mass is 467 g/mol. The predicted octanol–water partition coefficient (Wildman–Crippen LogP) is 3.52. The number of rotatable bonds is 11. The van der Waals surface area contributed by atoms with Crippen LogP contribution in [0.25, 0.3) is 11.0 Å². The summed E-state index contributed by atoms with van der Waals surface area (Å²) in [5.41, 5.74) is 8.16. The average Bonchev–Trinajstić information content (AvgIpc) is 3.14. The Morgan fingerprint density at radius 2 is 2.00 bits per heavy atom. The van der Waals surface area contributed by atoms with Crippen molar-refractivity contribution in [3.63, 3.8) is 0 Å². The van der Waals surface area contributed by atoms with Crippen molar-refractivity contribution in [2.24, 2.45) is 12.8 Å². The average molecular weight is 468 g/mol. The Hall–Kier alpha value is -4.08. The Morgan fingerprint density at radius 1 is 1.24 bits per heavy atom. The molecule has 0 atom stereocenters. The molecule has 0 saturated carbocycles. The number of aromatic nitrogens is 2. The van der Waals surface area contributed by atoms with E-state index < -0.39 is 11.9 Å². The number of imidazole rings is 1. The molecule has 0 aliphatic heterocycles. The number of carbonyl (C=O) groups excluding carboxylic acids is 1. The number of aryl methyl sites for hydroxylation is 1. The number of nitrogens with two attached hydrogens (primary N) is 1. The highest BCUT2D eigenvalue weighted by atomic mass is 16.5. The van der Waals surface area contributed by atoms with Gasteiger partial charge in [-0.3, -0.25) is 5.41 Å². The van der Waals surface area contributed by atoms with E-state index in [4.69, 9.17) is 20.6 Å². The number of amidine groups is 1. The van der Waals surface area contributed by atoms with Crippen molar-refractivity contribution in [2.45, 2.75) is 32.7 Å². The number of anilines is 1. The van der Waals surface area contributed by atoms with E-state index in [1.807, 2.05) is 11.6 Å². The molecule has 180 valence electrons. The Morgan fingerprint density at radius 3 is 2.65 bits per heavy atom. The van der Waals surface area contributed by atoms with Gasteiger partial charge >= 0.3 is 11.9 Å². The third-order valence-corrected chi connectivity index (χ3v) is 5.49. The molecular weight excluding hydrogens is 438 g/mol. The number of aromatic carboxylic acids is 1. The number of carboxylic acid groups (broad SMARTS) is 1. The smallest absolute Gasteiger partial charge is 0.339 e. The van der Waals surface area contributed by atoms with Crippen LogP contribution in [0, 0.1) is 5.41 Å². The lowest BCUT2D eigenvalue weighted by atomic mass is 10.0. The molecule has 0 spiro atoms. The van der Waals surface area contributed by atoms with Gasteiger partial charge in [0.2, 0.25) is 0 Å². The number of methoxy groups -OCH3 is 1. The molecule has 1 heterocycles. The first-order valence-electron chi connectivity index (χ1n) is 10.9. The van der Waals surface area contributed by atoms with Gasteiger partial charge in [-0.15, -0.1) is 0 Å². The summed E-state index contributed by atoms with van der Waals surface area (Å²) in [4.78, 5) is 28.4. The minimum absolute atomic E-state index is 0.157. The summed E-state index contributed by atoms with van der Waals surface area (Å²) < 4.78 is 12.7. The van der Waals surface area contributed by atoms with Crippen LogP contribution in [-0.2, 0) is 18.3 Å². The topological polar surface area (TPSA) is 153 Å². The largest absolute Gasteiger partial charge is 0.494 e. The van der Waals surface area contributed by atoms with Gasteiger partial charge in [0.25, 0.3) is 0 Å². The summed E-state index contributed by atoms with van der Waals surface area (Å²) in [6.45, 7) is 2.64. The van der Waals surface area contributed by atoms with Gasteiger partial charge in [0.15, 0.2) is 5.75 Å². The molecule has 0 saturated heterocycles. The molecule has 10 nitrogen and oxygen atoms in total. The number of unbranched alkanes of at least 4 members (excludes halogenated alkanes) is 2. The van der Waals surface area contributed by atoms with Crippen LogP contribution in [0.2, 0.25) is 0 Å². The van der Waals surface area contributed by atoms with E-state index in [1.54, 1.807) is 18.2 Å². The molecular formula is C24H29N5O5. The van der Waals surface area contributed by atoms with Crippen molar-refractivity contribution in [1.82, 2.24) is 9.55 Å². The maximum Gasteiger partial charge on any atom is 0.339 e. The second-order valence-electron chi connectivity index (χ2n) is 7.77. The molecule has 0 fully saturated rings. The summed E-state index contributed by atoms with van der Waals surface area (Å²) >= 11 is 0. The molecule has 0 unspecified atom stereocenters. The fourth-order valence-electron chi connectivity index (χ4n) is 3.68. The summed E-state index contributed by atoms with van der Waals surface area (Å²) in [6.07, 6.45) is 2.73. The number of hydrogen-bond acceptors (Lipinski definition) is 7. The highest BCUT2D eigenvalue weighted by molar-refractivity contribution is 6.09. The van der Waals surface area contributed by atoms with Crippen LogP contribution in [0.4, 0.5) is 5.69 Å². The first kappa shape index (κ1) is 24.6. The second-order valence-corrected chi connectivity index (χ2v) is 7.77. The van der Waals surface area contributed by atoms with Crippen molar-refractivity contribution in [2.75, 3.05) is 19.0 Å². The van der Waals surface area contributed by atoms with Crippen molar-refractivity contribution in [1.29, 1.82) is 5.41 Å². The molecule has 3 aromatic rings. The Labute approximate surface area is 197 Å². The van der Waals surface area contributed by atoms with Crippen LogP contribution in [-0.4, -0.2) is 46.1 Å². The fourth-order valence-corrected chi connectivity index (χ4v) is 3.68. The molecule has 0 bridgehead atoms. The van der Waals surface area contributed by atoms with E-state index in [0.717, 1.165) is 24.8 Å². The highest BCUT2D eigenvalue weighted by Gasteiger charge is 2.22. The molecule has 0 aliphatic rings. The molecule has 3 rings (SSSR count). The number of carbonyl (C=O) groups is 2. The standard InChI is InChI=1S/C24H29N5O5/c1-4-5-6-11-34-24(32)15-8-9-16(21(33-3)20(15)22(25)26)27-13-19-28-17-12-14(23(30)31)7-10-18(17)29(19)2/h7-10,12,27H,4-6,11,13H2,1-3H3,(H3,25,26)(H,30,31). The third kappa shape index (κ3) is 5.11. The Bertz CT molecular complexity index is 1230. The number of benzene rings is 2. The lowest BCUT2D eigenvalue weighted by Gasteiger charge is -2.17. The van der Waals surface area contributed by atoms with Crippen molar-refractivity contribution in [3.05, 3.63) is 52.8 Å². The number of nitrogens with one attached hydrogen (secondary N) is 2. The minimum Gasteiger partial charge on any atom is -0.494 e. The molecule has 0 amide bonds. The second kappa shape index (κ2) is 10.7. The first-order valence-corrected chi connectivity index (χ1v) is 10.9. The summed E-state index contributed by atoms with van der Waals surface area (Å²) in [7, 11) is 3.27. The number of ether oxygens (including phenoxy) is 2. The maximum absolute atomic E-state index is 12.6. The lowest BCUT2D eigenvalue weighted by Crippen LogP contribution is -2.20. The maximum atomic E-state index is 12.6. The van der Waals surface area contributed by atoms with Gasteiger partial charge in [-0.2, -0.15) is 0 Å². The van der Waals surface area contributed by atoms with E-state index >= 15 is 0 Å². The number of carboxylic acids is 1. The van der Waals surface area contributed by atoms with Crippen LogP contribution >= 0.6 is 0 Å². The van der Waals surface area contributed by atoms with Gasteiger partial charge in [-0.1, -0.05) is 19.8 Å². The van der Waals surface area contributed by atoms with Crippen molar-refractivity contribution >= 4 is 34.5 Å². The van der Waals surface area contributed by atoms with Crippen LogP contribution < -0.4 is 15.8 Å². The Kier molecular flexibility index (Phi) is 7.72. The number of hydrogen-bond donors (Lipinski definition) is 4. The van der Waals surface area contributed by atoms with Crippen LogP contribution in [0.5, 0.6) is 5.75 Å². The fraction of sp³-hybridized carbons (Fsp3) is 0.333. The molecule has 34 heavy (non-hydrogen) atoms. The van der Waals surface area contributed by atoms with Crippen LogP contribution in [0.3, 0.4) is 0 Å². The molecule has 2 aromatic carbocycles. The lowest BCUT2D eigenvalue weighted by molar-refractivity contribution is 0.0497. The zero-order chi connectivity index (χ0) is 24.8. The summed E-state index contributed by atoms with van der Waals surface area (Å²) in [5, 5.41) is 20.4. The highest BCUT2D eigenvalue weighted by Crippen LogP contribution is 2.32. The first-order chi connectivity index (χ1) is 16.3. The molecule has 5 N–H and O–H groups in total. The SMILES string of the molecule is CCCCCOC(=O)c1ccc(NCc2nc3cc(C(=O)O)ccc3n2C)c(OC)c1C(=N)N. The normalized spacial score (nSPS) is 10.8. The molecule has 0 aliphatic carbocycles. The number of nitrogen functional groups attached to an aromatic ring is 1. The van der Waals surface area contributed by atoms with Crippen LogP contribution in [0.1, 0.15) is 58.3 Å². The Balaban J connectivity index is 1.87. The number of esters is 1. The molecule has 0 radical (unpaired) electrons. The van der Waals surface area contributed by atoms with Crippen molar-refractivity contribution in [3.8, 4) is 5.75 Å². The van der Waals surface area contributed by atoms with Gasteiger partial charge in [0, 0.05) is 7.05 Å². The van der Waals surface area contributed by atoms with E-state index in [2.05, 4.69) is 17.2 Å². The van der Waals surface area contributed by atoms with Gasteiger partial charge < -0.3 is 30.2 Å². The van der Waals surface area contributed by atoms with E-state index in [1.165, 1.54) is 19.2 Å². The molecule has 1 aromatic heterocycles. The number of nitrogens with zero attached hydrogens (tertiary/aromatic N) is 2. The predicted molar refractivity (Wildman–Crippen MR) is 129 cm³/mol. The van der Waals surface area contributed by atoms with E-state index in [0.29, 0.717) is 23.6 Å². The third-order valence-electron chi connectivity index (χ3n) is 5.49. The molecule has 10 heteroatoms. The van der Waals surface area contributed by atoms with E-state index in [9.17, 15) is 14.7 Å². The quantitative estimate of drug-likeness (QED) is 0.145. The van der Waals surface area contributed by atoms with Gasteiger partial charge in [0.1, 0.15) is 11.7 Å². The van der Waals surface area contributed by atoms with Crippen molar-refractivity contribution < 1.29 is 24.2 Å². The summed E-state index contributed by atoms with van der Waals surface area (Å²) in [5.74, 6) is -0.982. The minimum atomic E-state index is -1.02. The van der Waals surface area contributed by atoms with Gasteiger partial charge in [-0.05, 0) is 36.8 Å².